The molecule has 0 atom stereocenters. The van der Waals surface area contributed by atoms with Crippen molar-refractivity contribution >= 4 is 17.7 Å². The van der Waals surface area contributed by atoms with Crippen LogP contribution in [-0.4, -0.2) is 57.4 Å². The van der Waals surface area contributed by atoms with Crippen LogP contribution in [0.25, 0.3) is 0 Å². The first-order valence-electron chi connectivity index (χ1n) is 10.7. The molecule has 30 heavy (non-hydrogen) atoms. The maximum Gasteiger partial charge on any atom is 0.379 e. The molecular formula is C23H34O7. The number of hydrogen-bond donors (Lipinski definition) is 0. The Morgan fingerprint density at radius 1 is 0.700 bits per heavy atom. The number of hydrogen-bond acceptors (Lipinski definition) is 7. The van der Waals surface area contributed by atoms with Gasteiger partial charge in [0.2, 0.25) is 0 Å². The second kappa shape index (κ2) is 17.6. The first-order chi connectivity index (χ1) is 14.6. The number of ether oxygens (including phenoxy) is 4. The van der Waals surface area contributed by atoms with Crippen molar-refractivity contribution in [3.63, 3.8) is 0 Å². The van der Waals surface area contributed by atoms with E-state index in [1.807, 2.05) is 0 Å². The van der Waals surface area contributed by atoms with Gasteiger partial charge in [-0.15, -0.1) is 0 Å². The van der Waals surface area contributed by atoms with Gasteiger partial charge in [-0.25, -0.2) is 4.79 Å². The lowest BCUT2D eigenvalue weighted by Crippen LogP contribution is -2.20. The van der Waals surface area contributed by atoms with Gasteiger partial charge in [0.15, 0.2) is 0 Å². The van der Waals surface area contributed by atoms with Crippen molar-refractivity contribution in [2.45, 2.75) is 51.9 Å². The molecule has 0 aromatic heterocycles. The molecule has 0 aliphatic carbocycles. The summed E-state index contributed by atoms with van der Waals surface area (Å²) in [6.07, 6.45) is 7.28. The first-order valence-corrected chi connectivity index (χ1v) is 10.7. The fourth-order valence-electron chi connectivity index (χ4n) is 2.62. The topological polar surface area (TPSA) is 88.1 Å². The maximum absolute atomic E-state index is 11.8. The van der Waals surface area contributed by atoms with Gasteiger partial charge in [0.25, 0.3) is 5.78 Å². The highest BCUT2D eigenvalue weighted by atomic mass is 16.6. The van der Waals surface area contributed by atoms with E-state index in [1.165, 1.54) is 25.7 Å². The molecular weight excluding hydrogens is 388 g/mol. The second-order valence-corrected chi connectivity index (χ2v) is 6.79. The van der Waals surface area contributed by atoms with Gasteiger partial charge < -0.3 is 18.9 Å². The molecule has 0 heterocycles. The first kappa shape index (κ1) is 25.8. The third-order valence-corrected chi connectivity index (χ3v) is 4.28. The standard InChI is InChI=1S/C23H34O7/c1-2-3-4-5-6-10-13-21(24)29-18-16-27-14-15-28-17-19-30-23(26)22(25)20-11-8-7-9-12-20/h7-9,11-12H,2-6,10,13-19H2,1H3. The summed E-state index contributed by atoms with van der Waals surface area (Å²) in [6, 6.07) is 8.24. The van der Waals surface area contributed by atoms with Crippen LogP contribution >= 0.6 is 0 Å². The average molecular weight is 423 g/mol. The highest BCUT2D eigenvalue weighted by Gasteiger charge is 2.17. The summed E-state index contributed by atoms with van der Waals surface area (Å²) in [4.78, 5) is 35.0. The van der Waals surface area contributed by atoms with E-state index in [2.05, 4.69) is 6.92 Å². The van der Waals surface area contributed by atoms with Crippen LogP contribution in [0.1, 0.15) is 62.2 Å². The lowest BCUT2D eigenvalue weighted by molar-refractivity contribution is -0.145. The molecule has 0 radical (unpaired) electrons. The fourth-order valence-corrected chi connectivity index (χ4v) is 2.62. The predicted octanol–water partition coefficient (Wildman–Crippen LogP) is 3.74. The van der Waals surface area contributed by atoms with Gasteiger partial charge >= 0.3 is 11.9 Å². The minimum absolute atomic E-state index is 0.00648. The van der Waals surface area contributed by atoms with Gasteiger partial charge in [0.05, 0.1) is 26.4 Å². The molecule has 0 saturated carbocycles. The van der Waals surface area contributed by atoms with E-state index >= 15 is 0 Å². The Kier molecular flexibility index (Phi) is 15.1. The number of esters is 2. The number of benzene rings is 1. The van der Waals surface area contributed by atoms with Gasteiger partial charge in [-0.2, -0.15) is 0 Å². The van der Waals surface area contributed by atoms with Crippen LogP contribution in [0.3, 0.4) is 0 Å². The van der Waals surface area contributed by atoms with E-state index in [9.17, 15) is 14.4 Å². The third-order valence-electron chi connectivity index (χ3n) is 4.28. The number of carbonyl (C=O) groups is 3. The molecule has 7 nitrogen and oxygen atoms in total. The van der Waals surface area contributed by atoms with Gasteiger partial charge in [0.1, 0.15) is 13.2 Å². The molecule has 168 valence electrons. The molecule has 1 aromatic rings. The van der Waals surface area contributed by atoms with Crippen LogP contribution in [0.15, 0.2) is 30.3 Å². The summed E-state index contributed by atoms with van der Waals surface area (Å²) in [7, 11) is 0. The highest BCUT2D eigenvalue weighted by Crippen LogP contribution is 2.07. The summed E-state index contributed by atoms with van der Waals surface area (Å²) in [5.74, 6) is -1.76. The van der Waals surface area contributed by atoms with Gasteiger partial charge in [-0.1, -0.05) is 69.4 Å². The number of Topliss-reactive ketones (excluding diaryl/α,β-unsaturated/α-hetero) is 1. The number of rotatable bonds is 18. The van der Waals surface area contributed by atoms with Crippen LogP contribution in [-0.2, 0) is 28.5 Å². The van der Waals surface area contributed by atoms with E-state index in [0.29, 0.717) is 31.8 Å². The molecule has 0 spiro atoms. The molecule has 0 fully saturated rings. The summed E-state index contributed by atoms with van der Waals surface area (Å²) < 4.78 is 20.6. The van der Waals surface area contributed by atoms with E-state index in [1.54, 1.807) is 30.3 Å². The van der Waals surface area contributed by atoms with Crippen molar-refractivity contribution in [2.75, 3.05) is 39.6 Å². The molecule has 0 bridgehead atoms. The quantitative estimate of drug-likeness (QED) is 0.154. The number of unbranched alkanes of at least 4 members (excludes halogenated alkanes) is 5. The van der Waals surface area contributed by atoms with Gasteiger partial charge in [0, 0.05) is 12.0 Å². The largest absolute Gasteiger partial charge is 0.463 e. The van der Waals surface area contributed by atoms with Crippen LogP contribution in [0.5, 0.6) is 0 Å². The molecule has 0 saturated heterocycles. The highest BCUT2D eigenvalue weighted by molar-refractivity contribution is 6.40. The number of carbonyl (C=O) groups excluding carboxylic acids is 3. The molecule has 0 aliphatic rings. The van der Waals surface area contributed by atoms with Crippen LogP contribution < -0.4 is 0 Å². The Hall–Kier alpha value is -2.25. The zero-order chi connectivity index (χ0) is 21.9. The minimum atomic E-state index is -0.899. The molecule has 1 aromatic carbocycles. The smallest absolute Gasteiger partial charge is 0.379 e. The van der Waals surface area contributed by atoms with Crippen molar-refractivity contribution in [1.29, 1.82) is 0 Å². The molecule has 0 unspecified atom stereocenters. The maximum atomic E-state index is 11.8. The number of ketones is 1. The summed E-state index contributed by atoms with van der Waals surface area (Å²) in [5.41, 5.74) is 0.296. The Bertz CT molecular complexity index is 601. The van der Waals surface area contributed by atoms with E-state index in [-0.39, 0.29) is 25.8 Å². The molecule has 0 amide bonds. The zero-order valence-electron chi connectivity index (χ0n) is 17.9. The lowest BCUT2D eigenvalue weighted by atomic mass is 10.1. The SMILES string of the molecule is CCCCCCCCC(=O)OCCOCCOCCOC(=O)C(=O)c1ccccc1. The van der Waals surface area contributed by atoms with Crippen molar-refractivity contribution in [3.05, 3.63) is 35.9 Å². The van der Waals surface area contributed by atoms with Crippen molar-refractivity contribution in [3.8, 4) is 0 Å². The molecule has 0 aliphatic heterocycles. The van der Waals surface area contributed by atoms with E-state index in [4.69, 9.17) is 18.9 Å². The van der Waals surface area contributed by atoms with Gasteiger partial charge in [-0.05, 0) is 6.42 Å². The summed E-state index contributed by atoms with van der Waals surface area (Å²) >= 11 is 0. The Morgan fingerprint density at radius 3 is 1.93 bits per heavy atom. The van der Waals surface area contributed by atoms with Gasteiger partial charge in [-0.3, -0.25) is 9.59 Å². The molecule has 0 N–H and O–H groups in total. The Balaban J connectivity index is 1.88. The van der Waals surface area contributed by atoms with Crippen molar-refractivity contribution in [2.24, 2.45) is 0 Å². The lowest BCUT2D eigenvalue weighted by Gasteiger charge is -2.07. The van der Waals surface area contributed by atoms with Crippen molar-refractivity contribution < 1.29 is 33.3 Å². The Labute approximate surface area is 179 Å². The predicted molar refractivity (Wildman–Crippen MR) is 112 cm³/mol. The van der Waals surface area contributed by atoms with Crippen LogP contribution in [0, 0.1) is 0 Å². The fraction of sp³-hybridized carbons (Fsp3) is 0.609. The van der Waals surface area contributed by atoms with Crippen LogP contribution in [0.4, 0.5) is 0 Å². The van der Waals surface area contributed by atoms with Crippen molar-refractivity contribution in [1.82, 2.24) is 0 Å². The Morgan fingerprint density at radius 2 is 1.27 bits per heavy atom. The normalized spacial score (nSPS) is 10.6. The second-order valence-electron chi connectivity index (χ2n) is 6.79. The average Bonchev–Trinajstić information content (AvgIpc) is 2.77. The van der Waals surface area contributed by atoms with E-state index < -0.39 is 11.8 Å². The molecule has 7 heteroatoms. The third kappa shape index (κ3) is 13.1. The minimum Gasteiger partial charge on any atom is -0.463 e. The molecule has 1 rings (SSSR count). The van der Waals surface area contributed by atoms with E-state index in [0.717, 1.165) is 12.8 Å². The summed E-state index contributed by atoms with van der Waals surface area (Å²) in [6.45, 7) is 3.54. The monoisotopic (exact) mass is 422 g/mol. The zero-order valence-corrected chi connectivity index (χ0v) is 17.9. The summed E-state index contributed by atoms with van der Waals surface area (Å²) in [5, 5.41) is 0. The van der Waals surface area contributed by atoms with Crippen LogP contribution in [0.2, 0.25) is 0 Å².